The molecule has 8 heteroatoms. The Hall–Kier alpha value is -2.15. The lowest BCUT2D eigenvalue weighted by atomic mass is 10.1. The molecule has 0 radical (unpaired) electrons. The molecule has 1 aliphatic rings. The van der Waals surface area contributed by atoms with Gasteiger partial charge in [-0.3, -0.25) is 14.9 Å². The van der Waals surface area contributed by atoms with Gasteiger partial charge in [0.25, 0.3) is 0 Å². The van der Waals surface area contributed by atoms with Gasteiger partial charge < -0.3 is 10.4 Å². The van der Waals surface area contributed by atoms with Crippen LogP contribution in [-0.4, -0.2) is 33.9 Å². The Labute approximate surface area is 113 Å². The first-order chi connectivity index (χ1) is 8.97. The molecule has 0 aromatic carbocycles. The molecule has 2 rings (SSSR count). The summed E-state index contributed by atoms with van der Waals surface area (Å²) in [7, 11) is 0. The molecule has 1 fully saturated rings. The summed E-state index contributed by atoms with van der Waals surface area (Å²) in [4.78, 5) is 37.3. The summed E-state index contributed by atoms with van der Waals surface area (Å²) in [6.07, 6.45) is 1.75. The maximum Gasteiger partial charge on any atom is 0.337 e. The highest BCUT2D eigenvalue weighted by Gasteiger charge is 2.26. The molecule has 0 saturated carbocycles. The molecule has 1 saturated heterocycles. The number of carbonyl (C=O) groups is 3. The first kappa shape index (κ1) is 13.3. The van der Waals surface area contributed by atoms with Gasteiger partial charge in [-0.2, -0.15) is 0 Å². The van der Waals surface area contributed by atoms with Crippen LogP contribution in [0, 0.1) is 0 Å². The number of nitrogens with zero attached hydrogens (tertiary/aromatic N) is 1. The summed E-state index contributed by atoms with van der Waals surface area (Å²) < 4.78 is 0. The smallest absolute Gasteiger partial charge is 0.337 e. The van der Waals surface area contributed by atoms with Crippen molar-refractivity contribution in [2.75, 3.05) is 5.32 Å². The second kappa shape index (κ2) is 5.23. The Morgan fingerprint density at radius 2 is 2.26 bits per heavy atom. The summed E-state index contributed by atoms with van der Waals surface area (Å²) >= 11 is 5.69. The van der Waals surface area contributed by atoms with Crippen molar-refractivity contribution in [2.24, 2.45) is 0 Å². The predicted octanol–water partition coefficient (Wildman–Crippen LogP) is 0.650. The van der Waals surface area contributed by atoms with Gasteiger partial charge in [0.15, 0.2) is 0 Å². The van der Waals surface area contributed by atoms with Gasteiger partial charge in [0.05, 0.1) is 10.6 Å². The molecular weight excluding hydrogens is 274 g/mol. The van der Waals surface area contributed by atoms with Gasteiger partial charge in [0, 0.05) is 12.6 Å². The first-order valence-electron chi connectivity index (χ1n) is 5.46. The number of halogens is 1. The summed E-state index contributed by atoms with van der Waals surface area (Å²) in [5.41, 5.74) is -0.105. The third kappa shape index (κ3) is 3.00. The average Bonchev–Trinajstić information content (AvgIpc) is 2.34. The van der Waals surface area contributed by atoms with Crippen molar-refractivity contribution in [3.05, 3.63) is 22.8 Å². The molecule has 19 heavy (non-hydrogen) atoms. The Morgan fingerprint density at radius 3 is 2.89 bits per heavy atom. The van der Waals surface area contributed by atoms with Crippen LogP contribution < -0.4 is 10.6 Å². The number of carboxylic acid groups (broad SMARTS) is 1. The number of hydrogen-bond donors (Lipinski definition) is 3. The van der Waals surface area contributed by atoms with Crippen LogP contribution in [0.15, 0.2) is 12.3 Å². The van der Waals surface area contributed by atoms with Crippen LogP contribution in [0.5, 0.6) is 0 Å². The van der Waals surface area contributed by atoms with Crippen molar-refractivity contribution in [1.82, 2.24) is 10.3 Å². The van der Waals surface area contributed by atoms with Crippen LogP contribution in [0.4, 0.5) is 5.82 Å². The summed E-state index contributed by atoms with van der Waals surface area (Å²) in [5.74, 6) is -1.74. The molecule has 3 N–H and O–H groups in total. The molecule has 0 spiro atoms. The third-order valence-corrected chi connectivity index (χ3v) is 2.95. The molecule has 100 valence electrons. The minimum Gasteiger partial charge on any atom is -0.478 e. The zero-order valence-corrected chi connectivity index (χ0v) is 10.4. The molecule has 2 heterocycles. The lowest BCUT2D eigenvalue weighted by molar-refractivity contribution is -0.133. The second-order valence-electron chi connectivity index (χ2n) is 4.00. The summed E-state index contributed by atoms with van der Waals surface area (Å²) in [6, 6.07) is 0.627. The highest BCUT2D eigenvalue weighted by Crippen LogP contribution is 2.19. The normalized spacial score (nSPS) is 18.9. The van der Waals surface area contributed by atoms with E-state index in [1.807, 2.05) is 0 Å². The van der Waals surface area contributed by atoms with Gasteiger partial charge in [-0.15, -0.1) is 0 Å². The minimum atomic E-state index is -1.18. The Kier molecular flexibility index (Phi) is 3.66. The number of imide groups is 1. The standard InChI is InChI=1S/C11H10ClN3O4/c12-6-4-13-8(3-5(6)11(18)19)14-7-1-2-9(16)15-10(7)17/h3-4,7H,1-2H2,(H,13,14)(H,18,19)(H,15,16,17). The van der Waals surface area contributed by atoms with E-state index >= 15 is 0 Å². The predicted molar refractivity (Wildman–Crippen MR) is 66.0 cm³/mol. The number of nitrogens with one attached hydrogen (secondary N) is 2. The van der Waals surface area contributed by atoms with Crippen LogP contribution in [-0.2, 0) is 9.59 Å². The SMILES string of the molecule is O=C1CCC(Nc2cc(C(=O)O)c(Cl)cn2)C(=O)N1. The van der Waals surface area contributed by atoms with E-state index in [2.05, 4.69) is 15.6 Å². The van der Waals surface area contributed by atoms with E-state index in [-0.39, 0.29) is 28.7 Å². The van der Waals surface area contributed by atoms with Crippen molar-refractivity contribution < 1.29 is 19.5 Å². The second-order valence-corrected chi connectivity index (χ2v) is 4.41. The number of carbonyl (C=O) groups excluding carboxylic acids is 2. The Morgan fingerprint density at radius 1 is 1.53 bits per heavy atom. The molecule has 1 aromatic heterocycles. The highest BCUT2D eigenvalue weighted by molar-refractivity contribution is 6.33. The number of rotatable bonds is 3. The molecule has 0 bridgehead atoms. The van der Waals surface area contributed by atoms with E-state index in [0.717, 1.165) is 0 Å². The van der Waals surface area contributed by atoms with E-state index in [0.29, 0.717) is 6.42 Å². The molecule has 1 atom stereocenters. The van der Waals surface area contributed by atoms with Gasteiger partial charge in [-0.25, -0.2) is 9.78 Å². The number of amides is 2. The number of aromatic carboxylic acids is 1. The van der Waals surface area contributed by atoms with Crippen molar-refractivity contribution in [2.45, 2.75) is 18.9 Å². The molecular formula is C11H10ClN3O4. The van der Waals surface area contributed by atoms with E-state index < -0.39 is 17.9 Å². The summed E-state index contributed by atoms with van der Waals surface area (Å²) in [6.45, 7) is 0. The maximum atomic E-state index is 11.5. The lowest BCUT2D eigenvalue weighted by Gasteiger charge is -2.22. The van der Waals surface area contributed by atoms with E-state index in [1.165, 1.54) is 12.3 Å². The van der Waals surface area contributed by atoms with Gasteiger partial charge in [-0.05, 0) is 12.5 Å². The van der Waals surface area contributed by atoms with Crippen molar-refractivity contribution in [3.8, 4) is 0 Å². The topological polar surface area (TPSA) is 108 Å². The Balaban J connectivity index is 2.15. The molecule has 0 aliphatic carbocycles. The molecule has 1 aromatic rings. The Bertz CT molecular complexity index is 561. The third-order valence-electron chi connectivity index (χ3n) is 2.65. The monoisotopic (exact) mass is 283 g/mol. The van der Waals surface area contributed by atoms with E-state index in [1.54, 1.807) is 0 Å². The largest absolute Gasteiger partial charge is 0.478 e. The van der Waals surface area contributed by atoms with Crippen LogP contribution in [0.2, 0.25) is 5.02 Å². The highest BCUT2D eigenvalue weighted by atomic mass is 35.5. The van der Waals surface area contributed by atoms with Crippen molar-refractivity contribution in [3.63, 3.8) is 0 Å². The van der Waals surface area contributed by atoms with Crippen molar-refractivity contribution in [1.29, 1.82) is 0 Å². The quantitative estimate of drug-likeness (QED) is 0.703. The zero-order valence-electron chi connectivity index (χ0n) is 9.64. The van der Waals surface area contributed by atoms with Crippen LogP contribution in [0.25, 0.3) is 0 Å². The summed E-state index contributed by atoms with van der Waals surface area (Å²) in [5, 5.41) is 13.9. The molecule has 2 amide bonds. The zero-order chi connectivity index (χ0) is 14.0. The molecule has 1 unspecified atom stereocenters. The van der Waals surface area contributed by atoms with Gasteiger partial charge in [-0.1, -0.05) is 11.6 Å². The number of hydrogen-bond acceptors (Lipinski definition) is 5. The minimum absolute atomic E-state index is 0.0151. The number of carboxylic acids is 1. The van der Waals surface area contributed by atoms with Gasteiger partial charge >= 0.3 is 5.97 Å². The lowest BCUT2D eigenvalue weighted by Crippen LogP contribution is -2.47. The fourth-order valence-corrected chi connectivity index (χ4v) is 1.88. The number of piperidine rings is 1. The first-order valence-corrected chi connectivity index (χ1v) is 5.84. The maximum absolute atomic E-state index is 11.5. The number of anilines is 1. The van der Waals surface area contributed by atoms with E-state index in [4.69, 9.17) is 16.7 Å². The van der Waals surface area contributed by atoms with Gasteiger partial charge in [0.2, 0.25) is 11.8 Å². The van der Waals surface area contributed by atoms with Crippen LogP contribution in [0.1, 0.15) is 23.2 Å². The molecule has 1 aliphatic heterocycles. The number of pyridine rings is 1. The van der Waals surface area contributed by atoms with Gasteiger partial charge in [0.1, 0.15) is 11.9 Å². The van der Waals surface area contributed by atoms with E-state index in [9.17, 15) is 14.4 Å². The molecule has 7 nitrogen and oxygen atoms in total. The number of aromatic nitrogens is 1. The fraction of sp³-hybridized carbons (Fsp3) is 0.273. The van der Waals surface area contributed by atoms with Crippen LogP contribution >= 0.6 is 11.6 Å². The van der Waals surface area contributed by atoms with Crippen LogP contribution in [0.3, 0.4) is 0 Å². The fourth-order valence-electron chi connectivity index (χ4n) is 1.69. The average molecular weight is 284 g/mol. The van der Waals surface area contributed by atoms with Crippen molar-refractivity contribution >= 4 is 35.2 Å².